The Balaban J connectivity index is 1.82. The van der Waals surface area contributed by atoms with E-state index in [1.54, 1.807) is 44.3 Å². The van der Waals surface area contributed by atoms with Gasteiger partial charge < -0.3 is 9.30 Å². The molecule has 3 rings (SSSR count). The molecule has 1 aromatic heterocycles. The molecule has 0 aliphatic carbocycles. The summed E-state index contributed by atoms with van der Waals surface area (Å²) in [6, 6.07) is 14.3. The van der Waals surface area contributed by atoms with Gasteiger partial charge in [0.2, 0.25) is 0 Å². The van der Waals surface area contributed by atoms with Crippen molar-refractivity contribution in [2.75, 3.05) is 5.32 Å². The van der Waals surface area contributed by atoms with Crippen molar-refractivity contribution in [2.45, 2.75) is 13.0 Å². The van der Waals surface area contributed by atoms with E-state index < -0.39 is 18.0 Å². The fourth-order valence-corrected chi connectivity index (χ4v) is 3.34. The molecule has 1 heterocycles. The molecule has 0 radical (unpaired) electrons. The molecule has 2 aromatic carbocycles. The molecule has 1 atom stereocenters. The highest BCUT2D eigenvalue weighted by atomic mass is 79.9. The second kappa shape index (κ2) is 8.15. The summed E-state index contributed by atoms with van der Waals surface area (Å²) < 4.78 is 22.3. The Morgan fingerprint density at radius 3 is 2.56 bits per heavy atom. The monoisotopic (exact) mass is 450 g/mol. The number of anilines is 1. The molecule has 0 unspecified atom stereocenters. The van der Waals surface area contributed by atoms with E-state index in [1.165, 1.54) is 10.8 Å². The first-order chi connectivity index (χ1) is 12.9. The minimum Gasteiger partial charge on any atom is -0.441 e. The van der Waals surface area contributed by atoms with Crippen LogP contribution in [0.4, 0.5) is 15.0 Å². The third-order valence-corrected chi connectivity index (χ3v) is 4.99. The van der Waals surface area contributed by atoms with E-state index in [9.17, 15) is 9.18 Å². The van der Waals surface area contributed by atoms with Crippen LogP contribution in [0.5, 0.6) is 0 Å². The Morgan fingerprint density at radius 2 is 1.89 bits per heavy atom. The third-order valence-electron chi connectivity index (χ3n) is 4.12. The Labute approximate surface area is 170 Å². The van der Waals surface area contributed by atoms with E-state index in [0.717, 1.165) is 4.47 Å². The molecule has 3 aromatic rings. The maximum Gasteiger partial charge on any atom is 0.413 e. The van der Waals surface area contributed by atoms with Crippen LogP contribution in [-0.4, -0.2) is 10.7 Å². The molecule has 0 aliphatic heterocycles. The fourth-order valence-electron chi connectivity index (χ4n) is 2.79. The minimum atomic E-state index is -0.693. The van der Waals surface area contributed by atoms with Crippen LogP contribution >= 0.6 is 27.5 Å². The van der Waals surface area contributed by atoms with Crippen LogP contribution in [-0.2, 0) is 11.8 Å². The smallest absolute Gasteiger partial charge is 0.413 e. The molecule has 7 heteroatoms. The summed E-state index contributed by atoms with van der Waals surface area (Å²) in [5, 5.41) is 3.15. The molecule has 27 heavy (non-hydrogen) atoms. The number of ether oxygens (including phenoxy) is 1. The van der Waals surface area contributed by atoms with Gasteiger partial charge >= 0.3 is 6.09 Å². The zero-order valence-corrected chi connectivity index (χ0v) is 17.0. The largest absolute Gasteiger partial charge is 0.441 e. The number of nitrogens with one attached hydrogen (secondary N) is 1. The third kappa shape index (κ3) is 4.34. The molecule has 0 saturated heterocycles. The lowest BCUT2D eigenvalue weighted by molar-refractivity contribution is 0.121. The topological polar surface area (TPSA) is 43.3 Å². The summed E-state index contributed by atoms with van der Waals surface area (Å²) in [5.74, 6) is -0.125. The van der Waals surface area contributed by atoms with Gasteiger partial charge in [-0.05, 0) is 30.7 Å². The average Bonchev–Trinajstić information content (AvgIpc) is 2.89. The number of rotatable bonds is 4. The van der Waals surface area contributed by atoms with Crippen molar-refractivity contribution in [3.05, 3.63) is 75.6 Å². The normalized spacial score (nSPS) is 11.9. The maximum absolute atomic E-state index is 14.4. The number of benzene rings is 2. The van der Waals surface area contributed by atoms with E-state index in [4.69, 9.17) is 16.3 Å². The predicted octanol–water partition coefficient (Wildman–Crippen LogP) is 6.56. The Morgan fingerprint density at radius 1 is 1.22 bits per heavy atom. The summed E-state index contributed by atoms with van der Waals surface area (Å²) in [4.78, 5) is 12.4. The molecule has 0 fully saturated rings. The van der Waals surface area contributed by atoms with Crippen LogP contribution in [0.25, 0.3) is 11.1 Å². The summed E-state index contributed by atoms with van der Waals surface area (Å²) in [6.07, 6.45) is 0.0618. The highest BCUT2D eigenvalue weighted by molar-refractivity contribution is 9.10. The summed E-state index contributed by atoms with van der Waals surface area (Å²) >= 11 is 9.50. The Bertz CT molecular complexity index is 973. The number of hydrogen-bond donors (Lipinski definition) is 1. The molecule has 1 amide bonds. The van der Waals surface area contributed by atoms with Crippen LogP contribution in [0.2, 0.25) is 5.02 Å². The van der Waals surface area contributed by atoms with E-state index >= 15 is 0 Å². The van der Waals surface area contributed by atoms with E-state index in [-0.39, 0.29) is 0 Å². The van der Waals surface area contributed by atoms with Crippen molar-refractivity contribution in [3.8, 4) is 11.1 Å². The molecular formula is C20H17BrClFN2O2. The molecule has 0 saturated carbocycles. The molecule has 4 nitrogen and oxygen atoms in total. The standard InChI is InChI=1S/C20H17BrClFN2O2/c1-12(15-5-3-4-6-16(15)22)27-20(26)24-19-18(17(23)11-25(19)2)13-7-9-14(21)10-8-13/h3-12H,1-2H3,(H,24,26)/t12-/m1/s1. The lowest BCUT2D eigenvalue weighted by Gasteiger charge is -2.16. The van der Waals surface area contributed by atoms with Gasteiger partial charge in [-0.15, -0.1) is 0 Å². The number of aromatic nitrogens is 1. The van der Waals surface area contributed by atoms with Gasteiger partial charge in [0.25, 0.3) is 0 Å². The van der Waals surface area contributed by atoms with Crippen LogP contribution in [0.3, 0.4) is 0 Å². The lowest BCUT2D eigenvalue weighted by Crippen LogP contribution is -2.18. The summed E-state index contributed by atoms with van der Waals surface area (Å²) in [7, 11) is 1.65. The number of aryl methyl sites for hydroxylation is 1. The van der Waals surface area contributed by atoms with Crippen molar-refractivity contribution in [1.82, 2.24) is 4.57 Å². The lowest BCUT2D eigenvalue weighted by atomic mass is 10.1. The van der Waals surface area contributed by atoms with Crippen molar-refractivity contribution in [1.29, 1.82) is 0 Å². The van der Waals surface area contributed by atoms with Gasteiger partial charge in [0.1, 0.15) is 11.9 Å². The van der Waals surface area contributed by atoms with E-state index in [2.05, 4.69) is 21.2 Å². The quantitative estimate of drug-likeness (QED) is 0.488. The average molecular weight is 452 g/mol. The zero-order chi connectivity index (χ0) is 19.6. The fraction of sp³-hybridized carbons (Fsp3) is 0.150. The molecule has 0 bridgehead atoms. The van der Waals surface area contributed by atoms with Crippen molar-refractivity contribution >= 4 is 39.4 Å². The van der Waals surface area contributed by atoms with Crippen molar-refractivity contribution in [2.24, 2.45) is 7.05 Å². The first kappa shape index (κ1) is 19.5. The second-order valence-corrected chi connectivity index (χ2v) is 7.34. The van der Waals surface area contributed by atoms with Gasteiger partial charge in [0, 0.05) is 28.3 Å². The van der Waals surface area contributed by atoms with Gasteiger partial charge in [0.15, 0.2) is 5.82 Å². The molecular weight excluding hydrogens is 435 g/mol. The second-order valence-electron chi connectivity index (χ2n) is 6.01. The number of hydrogen-bond acceptors (Lipinski definition) is 2. The van der Waals surface area contributed by atoms with Crippen LogP contribution in [0.1, 0.15) is 18.6 Å². The number of carbonyl (C=O) groups excluding carboxylic acids is 1. The first-order valence-corrected chi connectivity index (χ1v) is 9.36. The number of nitrogens with zero attached hydrogens (tertiary/aromatic N) is 1. The van der Waals surface area contributed by atoms with Crippen LogP contribution < -0.4 is 5.32 Å². The zero-order valence-electron chi connectivity index (χ0n) is 14.7. The van der Waals surface area contributed by atoms with Gasteiger partial charge in [-0.3, -0.25) is 5.32 Å². The Kier molecular flexibility index (Phi) is 5.87. The van der Waals surface area contributed by atoms with Crippen molar-refractivity contribution < 1.29 is 13.9 Å². The SMILES string of the molecule is C[C@@H](OC(=O)Nc1c(-c2ccc(Br)cc2)c(F)cn1C)c1ccccc1Cl. The highest BCUT2D eigenvalue weighted by Gasteiger charge is 2.20. The van der Waals surface area contributed by atoms with Crippen molar-refractivity contribution in [3.63, 3.8) is 0 Å². The Hall–Kier alpha value is -2.31. The van der Waals surface area contributed by atoms with E-state index in [1.807, 2.05) is 18.2 Å². The van der Waals surface area contributed by atoms with Gasteiger partial charge in [-0.1, -0.05) is 57.9 Å². The predicted molar refractivity (Wildman–Crippen MR) is 108 cm³/mol. The number of halogens is 3. The molecule has 1 N–H and O–H groups in total. The summed E-state index contributed by atoms with van der Waals surface area (Å²) in [6.45, 7) is 1.72. The first-order valence-electron chi connectivity index (χ1n) is 8.19. The molecule has 0 aliphatic rings. The van der Waals surface area contributed by atoms with Crippen LogP contribution in [0, 0.1) is 5.82 Å². The van der Waals surface area contributed by atoms with Gasteiger partial charge in [-0.25, -0.2) is 9.18 Å². The summed E-state index contributed by atoms with van der Waals surface area (Å²) in [5.41, 5.74) is 1.64. The number of amides is 1. The highest BCUT2D eigenvalue weighted by Crippen LogP contribution is 2.33. The molecule has 140 valence electrons. The van der Waals surface area contributed by atoms with E-state index in [0.29, 0.717) is 27.5 Å². The van der Waals surface area contributed by atoms with Gasteiger partial charge in [-0.2, -0.15) is 0 Å². The minimum absolute atomic E-state index is 0.298. The van der Waals surface area contributed by atoms with Gasteiger partial charge in [0.05, 0.1) is 5.56 Å². The van der Waals surface area contributed by atoms with Crippen LogP contribution in [0.15, 0.2) is 59.2 Å². The molecule has 0 spiro atoms. The number of carbonyl (C=O) groups is 1. The maximum atomic E-state index is 14.4.